The van der Waals surface area contributed by atoms with Crippen molar-refractivity contribution < 1.29 is 9.90 Å². The van der Waals surface area contributed by atoms with Gasteiger partial charge in [-0.2, -0.15) is 0 Å². The Bertz CT molecular complexity index is 390. The monoisotopic (exact) mass is 277 g/mol. The van der Waals surface area contributed by atoms with Crippen LogP contribution >= 0.6 is 0 Å². The lowest BCUT2D eigenvalue weighted by Gasteiger charge is -2.07. The summed E-state index contributed by atoms with van der Waals surface area (Å²) in [6, 6.07) is 7.24. The van der Waals surface area contributed by atoms with E-state index in [2.05, 4.69) is 12.2 Å². The Labute approximate surface area is 122 Å². The lowest BCUT2D eigenvalue weighted by atomic mass is 10.0. The number of benzene rings is 1. The van der Waals surface area contributed by atoms with Gasteiger partial charge in [-0.05, 0) is 37.6 Å². The topological polar surface area (TPSA) is 49.3 Å². The first-order valence-corrected chi connectivity index (χ1v) is 7.77. The first-order valence-electron chi connectivity index (χ1n) is 7.77. The third-order valence-electron chi connectivity index (χ3n) is 3.53. The lowest BCUT2D eigenvalue weighted by molar-refractivity contribution is 0.0695. The van der Waals surface area contributed by atoms with Crippen LogP contribution in [0.1, 0.15) is 61.4 Å². The summed E-state index contributed by atoms with van der Waals surface area (Å²) < 4.78 is 0. The number of carboxylic acids is 1. The fraction of sp³-hybridized carbons (Fsp3) is 0.588. The fourth-order valence-corrected chi connectivity index (χ4v) is 2.33. The van der Waals surface area contributed by atoms with Crippen molar-refractivity contribution >= 4 is 5.97 Å². The van der Waals surface area contributed by atoms with Gasteiger partial charge >= 0.3 is 5.97 Å². The zero-order valence-electron chi connectivity index (χ0n) is 12.5. The predicted octanol–water partition coefficient (Wildman–Crippen LogP) is 3.88. The van der Waals surface area contributed by atoms with Crippen molar-refractivity contribution in [3.05, 3.63) is 35.4 Å². The molecule has 0 aromatic heterocycles. The van der Waals surface area contributed by atoms with Crippen LogP contribution < -0.4 is 5.32 Å². The van der Waals surface area contributed by atoms with Gasteiger partial charge in [0, 0.05) is 0 Å². The molecule has 0 fully saturated rings. The number of carboxylic acid groups (broad SMARTS) is 1. The van der Waals surface area contributed by atoms with Gasteiger partial charge < -0.3 is 10.4 Å². The number of hydrogen-bond donors (Lipinski definition) is 2. The molecule has 2 N–H and O–H groups in total. The zero-order chi connectivity index (χ0) is 14.6. The molecule has 20 heavy (non-hydrogen) atoms. The van der Waals surface area contributed by atoms with Crippen molar-refractivity contribution in [1.82, 2.24) is 5.32 Å². The summed E-state index contributed by atoms with van der Waals surface area (Å²) in [4.78, 5) is 11.1. The standard InChI is InChI=1S/C17H27NO2/c1-2-3-4-5-6-9-13-18-14-12-15-10-7-8-11-16(15)17(19)20/h7-8,10-11,18H,2-6,9,12-14H2,1H3,(H,19,20). The van der Waals surface area contributed by atoms with Crippen LogP contribution in [0.5, 0.6) is 0 Å². The molecule has 0 amide bonds. The Morgan fingerprint density at radius 2 is 1.75 bits per heavy atom. The van der Waals surface area contributed by atoms with Crippen LogP contribution in [0.15, 0.2) is 24.3 Å². The molecule has 0 unspecified atom stereocenters. The van der Waals surface area contributed by atoms with E-state index in [1.165, 1.54) is 38.5 Å². The van der Waals surface area contributed by atoms with Gasteiger partial charge in [-0.1, -0.05) is 57.2 Å². The number of nitrogens with one attached hydrogen (secondary N) is 1. The molecule has 0 aliphatic carbocycles. The quantitative estimate of drug-likeness (QED) is 0.603. The minimum Gasteiger partial charge on any atom is -0.478 e. The first kappa shape index (κ1) is 16.7. The van der Waals surface area contributed by atoms with Gasteiger partial charge in [0.05, 0.1) is 5.56 Å². The highest BCUT2D eigenvalue weighted by Gasteiger charge is 2.07. The molecule has 112 valence electrons. The maximum atomic E-state index is 11.1. The summed E-state index contributed by atoms with van der Waals surface area (Å²) in [5.41, 5.74) is 1.34. The van der Waals surface area contributed by atoms with E-state index in [1.807, 2.05) is 12.1 Å². The number of unbranched alkanes of at least 4 members (excludes halogenated alkanes) is 5. The highest BCUT2D eigenvalue weighted by atomic mass is 16.4. The zero-order valence-corrected chi connectivity index (χ0v) is 12.5. The van der Waals surface area contributed by atoms with Gasteiger partial charge in [0.2, 0.25) is 0 Å². The Hall–Kier alpha value is -1.35. The summed E-state index contributed by atoms with van der Waals surface area (Å²) in [6.07, 6.45) is 8.60. The van der Waals surface area contributed by atoms with Crippen molar-refractivity contribution in [2.24, 2.45) is 0 Å². The minimum absolute atomic E-state index is 0.425. The maximum Gasteiger partial charge on any atom is 0.335 e. The van der Waals surface area contributed by atoms with Crippen LogP contribution in [0.3, 0.4) is 0 Å². The SMILES string of the molecule is CCCCCCCCNCCc1ccccc1C(=O)O. The van der Waals surface area contributed by atoms with Gasteiger partial charge in [0.25, 0.3) is 0 Å². The maximum absolute atomic E-state index is 11.1. The van der Waals surface area contributed by atoms with Gasteiger partial charge in [-0.15, -0.1) is 0 Å². The van der Waals surface area contributed by atoms with E-state index in [-0.39, 0.29) is 0 Å². The number of rotatable bonds is 11. The van der Waals surface area contributed by atoms with Crippen LogP contribution in [0.4, 0.5) is 0 Å². The Balaban J connectivity index is 2.11. The molecular formula is C17H27NO2. The minimum atomic E-state index is -0.837. The van der Waals surface area contributed by atoms with Crippen molar-refractivity contribution in [2.45, 2.75) is 51.9 Å². The normalized spacial score (nSPS) is 10.7. The van der Waals surface area contributed by atoms with Crippen molar-refractivity contribution in [2.75, 3.05) is 13.1 Å². The highest BCUT2D eigenvalue weighted by molar-refractivity contribution is 5.89. The number of hydrogen-bond acceptors (Lipinski definition) is 2. The molecule has 0 spiro atoms. The third-order valence-corrected chi connectivity index (χ3v) is 3.53. The summed E-state index contributed by atoms with van der Waals surface area (Å²) in [7, 11) is 0. The lowest BCUT2D eigenvalue weighted by Crippen LogP contribution is -2.19. The van der Waals surface area contributed by atoms with E-state index in [9.17, 15) is 4.79 Å². The molecule has 0 aliphatic rings. The number of carbonyl (C=O) groups is 1. The molecule has 0 aliphatic heterocycles. The van der Waals surface area contributed by atoms with Crippen LogP contribution in [-0.2, 0) is 6.42 Å². The first-order chi connectivity index (χ1) is 9.75. The van der Waals surface area contributed by atoms with Gasteiger partial charge in [0.1, 0.15) is 0 Å². The molecule has 1 aromatic carbocycles. The molecule has 3 heteroatoms. The smallest absolute Gasteiger partial charge is 0.335 e. The second-order valence-electron chi connectivity index (χ2n) is 5.23. The van der Waals surface area contributed by atoms with E-state index in [1.54, 1.807) is 12.1 Å². The van der Waals surface area contributed by atoms with Crippen molar-refractivity contribution in [3.8, 4) is 0 Å². The summed E-state index contributed by atoms with van der Waals surface area (Å²) >= 11 is 0. The Kier molecular flexibility index (Phi) is 8.72. The molecule has 1 rings (SSSR count). The molecule has 0 radical (unpaired) electrons. The average Bonchev–Trinajstić information content (AvgIpc) is 2.46. The summed E-state index contributed by atoms with van der Waals surface area (Å²) in [5, 5.41) is 12.5. The molecule has 0 atom stereocenters. The number of aromatic carboxylic acids is 1. The van der Waals surface area contributed by atoms with E-state index >= 15 is 0 Å². The molecular weight excluding hydrogens is 250 g/mol. The molecule has 0 saturated heterocycles. The van der Waals surface area contributed by atoms with Gasteiger partial charge in [-0.25, -0.2) is 4.79 Å². The van der Waals surface area contributed by atoms with Crippen molar-refractivity contribution in [1.29, 1.82) is 0 Å². The van der Waals surface area contributed by atoms with E-state index in [0.717, 1.165) is 25.1 Å². The average molecular weight is 277 g/mol. The predicted molar refractivity (Wildman–Crippen MR) is 83.4 cm³/mol. The Morgan fingerprint density at radius 3 is 2.50 bits per heavy atom. The van der Waals surface area contributed by atoms with Crippen LogP contribution in [0.2, 0.25) is 0 Å². The van der Waals surface area contributed by atoms with Crippen molar-refractivity contribution in [3.63, 3.8) is 0 Å². The Morgan fingerprint density at radius 1 is 1.05 bits per heavy atom. The summed E-state index contributed by atoms with van der Waals surface area (Å²) in [6.45, 7) is 4.11. The second kappa shape index (κ2) is 10.4. The van der Waals surface area contributed by atoms with Crippen LogP contribution in [-0.4, -0.2) is 24.2 Å². The molecule has 0 heterocycles. The third kappa shape index (κ3) is 6.71. The summed E-state index contributed by atoms with van der Waals surface area (Å²) in [5.74, 6) is -0.837. The molecule has 0 saturated carbocycles. The van der Waals surface area contributed by atoms with Crippen LogP contribution in [0, 0.1) is 0 Å². The molecule has 1 aromatic rings. The molecule has 3 nitrogen and oxygen atoms in total. The van der Waals surface area contributed by atoms with E-state index in [4.69, 9.17) is 5.11 Å². The van der Waals surface area contributed by atoms with Gasteiger partial charge in [-0.3, -0.25) is 0 Å². The van der Waals surface area contributed by atoms with Crippen LogP contribution in [0.25, 0.3) is 0 Å². The highest BCUT2D eigenvalue weighted by Crippen LogP contribution is 2.09. The largest absolute Gasteiger partial charge is 0.478 e. The van der Waals surface area contributed by atoms with Gasteiger partial charge in [0.15, 0.2) is 0 Å². The fourth-order valence-electron chi connectivity index (χ4n) is 2.33. The van der Waals surface area contributed by atoms with E-state index < -0.39 is 5.97 Å². The second-order valence-corrected chi connectivity index (χ2v) is 5.23. The van der Waals surface area contributed by atoms with E-state index in [0.29, 0.717) is 5.56 Å². The molecule has 0 bridgehead atoms.